The SMILES string of the molecule is CC(C)N1CCCc2cc(CN)ccc21.O=C(O)C(=O)O. The summed E-state index contributed by atoms with van der Waals surface area (Å²) in [5.41, 5.74) is 9.79. The van der Waals surface area contributed by atoms with Gasteiger partial charge >= 0.3 is 11.9 Å². The van der Waals surface area contributed by atoms with Crippen molar-refractivity contribution in [2.45, 2.75) is 39.3 Å². The third-order valence-corrected chi connectivity index (χ3v) is 3.34. The molecule has 6 nitrogen and oxygen atoms in total. The highest BCUT2D eigenvalue weighted by atomic mass is 16.4. The van der Waals surface area contributed by atoms with Crippen LogP contribution in [0.25, 0.3) is 0 Å². The smallest absolute Gasteiger partial charge is 0.414 e. The van der Waals surface area contributed by atoms with Crippen molar-refractivity contribution in [1.29, 1.82) is 0 Å². The summed E-state index contributed by atoms with van der Waals surface area (Å²) in [7, 11) is 0. The van der Waals surface area contributed by atoms with Crippen LogP contribution in [0.1, 0.15) is 31.4 Å². The van der Waals surface area contributed by atoms with Gasteiger partial charge in [-0.15, -0.1) is 0 Å². The van der Waals surface area contributed by atoms with E-state index in [2.05, 4.69) is 36.9 Å². The molecule has 1 aromatic rings. The highest BCUT2D eigenvalue weighted by molar-refractivity contribution is 6.27. The number of anilines is 1. The molecule has 116 valence electrons. The van der Waals surface area contributed by atoms with Gasteiger partial charge in [0.1, 0.15) is 0 Å². The quantitative estimate of drug-likeness (QED) is 0.713. The van der Waals surface area contributed by atoms with Crippen LogP contribution in [-0.4, -0.2) is 34.7 Å². The minimum absolute atomic E-state index is 0.591. The molecule has 0 radical (unpaired) electrons. The molecule has 1 aliphatic heterocycles. The van der Waals surface area contributed by atoms with Crippen molar-refractivity contribution in [2.75, 3.05) is 11.4 Å². The van der Waals surface area contributed by atoms with E-state index in [0.717, 1.165) is 0 Å². The number of aryl methyl sites for hydroxylation is 1. The second-order valence-electron chi connectivity index (χ2n) is 5.17. The summed E-state index contributed by atoms with van der Waals surface area (Å²) in [6, 6.07) is 7.24. The molecule has 0 unspecified atom stereocenters. The van der Waals surface area contributed by atoms with Gasteiger partial charge in [0.2, 0.25) is 0 Å². The Balaban J connectivity index is 0.000000315. The van der Waals surface area contributed by atoms with Crippen LogP contribution >= 0.6 is 0 Å². The van der Waals surface area contributed by atoms with Gasteiger partial charge in [-0.1, -0.05) is 12.1 Å². The van der Waals surface area contributed by atoms with Crippen LogP contribution < -0.4 is 10.6 Å². The number of hydrogen-bond acceptors (Lipinski definition) is 4. The van der Waals surface area contributed by atoms with E-state index in [1.807, 2.05) is 0 Å². The first-order valence-corrected chi connectivity index (χ1v) is 6.91. The minimum atomic E-state index is -1.82. The lowest BCUT2D eigenvalue weighted by atomic mass is 9.98. The second kappa shape index (κ2) is 7.64. The van der Waals surface area contributed by atoms with Crippen LogP contribution in [0.3, 0.4) is 0 Å². The van der Waals surface area contributed by atoms with Crippen molar-refractivity contribution in [3.05, 3.63) is 29.3 Å². The normalized spacial score (nSPS) is 13.2. The van der Waals surface area contributed by atoms with E-state index in [9.17, 15) is 0 Å². The van der Waals surface area contributed by atoms with E-state index >= 15 is 0 Å². The van der Waals surface area contributed by atoms with Crippen LogP contribution in [0.4, 0.5) is 5.69 Å². The van der Waals surface area contributed by atoms with Crippen LogP contribution in [0.5, 0.6) is 0 Å². The number of hydrogen-bond donors (Lipinski definition) is 3. The average molecular weight is 294 g/mol. The molecule has 1 aromatic carbocycles. The van der Waals surface area contributed by atoms with E-state index in [0.29, 0.717) is 12.6 Å². The maximum absolute atomic E-state index is 9.10. The molecule has 0 aliphatic carbocycles. The van der Waals surface area contributed by atoms with Gasteiger partial charge in [-0.25, -0.2) is 9.59 Å². The fourth-order valence-corrected chi connectivity index (χ4v) is 2.34. The molecule has 0 fully saturated rings. The molecule has 1 heterocycles. The first-order valence-electron chi connectivity index (χ1n) is 6.91. The molecule has 6 heteroatoms. The fourth-order valence-electron chi connectivity index (χ4n) is 2.34. The Morgan fingerprint density at radius 1 is 1.29 bits per heavy atom. The van der Waals surface area contributed by atoms with Crippen LogP contribution in [0.15, 0.2) is 18.2 Å². The number of nitrogens with two attached hydrogens (primary N) is 1. The number of carboxylic acids is 2. The molecule has 0 spiro atoms. The van der Waals surface area contributed by atoms with Gasteiger partial charge in [-0.3, -0.25) is 0 Å². The number of carbonyl (C=O) groups is 2. The molecule has 2 rings (SSSR count). The summed E-state index contributed by atoms with van der Waals surface area (Å²) < 4.78 is 0. The lowest BCUT2D eigenvalue weighted by Crippen LogP contribution is -2.35. The average Bonchev–Trinajstić information content (AvgIpc) is 2.46. The topological polar surface area (TPSA) is 104 Å². The number of benzene rings is 1. The first-order chi connectivity index (χ1) is 9.86. The molecular formula is C15H22N2O4. The Bertz CT molecular complexity index is 502. The Kier molecular flexibility index (Phi) is 6.17. The molecule has 4 N–H and O–H groups in total. The Morgan fingerprint density at radius 2 is 1.90 bits per heavy atom. The Labute approximate surface area is 124 Å². The maximum Gasteiger partial charge on any atom is 0.414 e. The summed E-state index contributed by atoms with van der Waals surface area (Å²) in [6.45, 7) is 6.35. The standard InChI is InChI=1S/C13H20N2.C2H2O4/c1-10(2)15-7-3-4-12-8-11(9-14)5-6-13(12)15;3-1(4)2(5)6/h5-6,8,10H,3-4,7,9,14H2,1-2H3;(H,3,4)(H,5,6). The molecule has 0 aromatic heterocycles. The summed E-state index contributed by atoms with van der Waals surface area (Å²) in [4.78, 5) is 20.7. The zero-order valence-corrected chi connectivity index (χ0v) is 12.4. The Morgan fingerprint density at radius 3 is 2.38 bits per heavy atom. The van der Waals surface area contributed by atoms with Gasteiger partial charge in [-0.2, -0.15) is 0 Å². The molecule has 0 bridgehead atoms. The van der Waals surface area contributed by atoms with Crippen molar-refractivity contribution in [3.8, 4) is 0 Å². The third-order valence-electron chi connectivity index (χ3n) is 3.34. The van der Waals surface area contributed by atoms with E-state index in [4.69, 9.17) is 25.5 Å². The lowest BCUT2D eigenvalue weighted by Gasteiger charge is -2.34. The predicted octanol–water partition coefficient (Wildman–Crippen LogP) is 1.46. The van der Waals surface area contributed by atoms with E-state index < -0.39 is 11.9 Å². The largest absolute Gasteiger partial charge is 0.473 e. The van der Waals surface area contributed by atoms with Crippen LogP contribution in [0.2, 0.25) is 0 Å². The lowest BCUT2D eigenvalue weighted by molar-refractivity contribution is -0.159. The van der Waals surface area contributed by atoms with Crippen molar-refractivity contribution in [2.24, 2.45) is 5.73 Å². The number of aliphatic carboxylic acids is 2. The van der Waals surface area contributed by atoms with E-state index in [1.165, 1.54) is 36.2 Å². The molecule has 0 atom stereocenters. The van der Waals surface area contributed by atoms with Gasteiger partial charge in [0, 0.05) is 24.8 Å². The van der Waals surface area contributed by atoms with Crippen molar-refractivity contribution < 1.29 is 19.8 Å². The van der Waals surface area contributed by atoms with Crippen LogP contribution in [-0.2, 0) is 22.6 Å². The number of carboxylic acid groups (broad SMARTS) is 2. The minimum Gasteiger partial charge on any atom is -0.473 e. The molecule has 0 saturated heterocycles. The summed E-state index contributed by atoms with van der Waals surface area (Å²) in [5.74, 6) is -3.65. The van der Waals surface area contributed by atoms with Gasteiger partial charge in [0.15, 0.2) is 0 Å². The van der Waals surface area contributed by atoms with Crippen molar-refractivity contribution in [3.63, 3.8) is 0 Å². The second-order valence-corrected chi connectivity index (χ2v) is 5.17. The molecule has 1 aliphatic rings. The molecular weight excluding hydrogens is 272 g/mol. The molecule has 21 heavy (non-hydrogen) atoms. The van der Waals surface area contributed by atoms with Crippen molar-refractivity contribution in [1.82, 2.24) is 0 Å². The highest BCUT2D eigenvalue weighted by Crippen LogP contribution is 2.29. The number of fused-ring (bicyclic) bond motifs is 1. The monoisotopic (exact) mass is 294 g/mol. The molecule has 0 amide bonds. The summed E-state index contributed by atoms with van der Waals surface area (Å²) in [5, 5.41) is 14.8. The predicted molar refractivity (Wildman–Crippen MR) is 80.4 cm³/mol. The van der Waals surface area contributed by atoms with Crippen molar-refractivity contribution >= 4 is 17.6 Å². The molecule has 0 saturated carbocycles. The van der Waals surface area contributed by atoms with Gasteiger partial charge in [-0.05, 0) is 43.9 Å². The number of rotatable bonds is 2. The zero-order valence-electron chi connectivity index (χ0n) is 12.4. The van der Waals surface area contributed by atoms with Gasteiger partial charge < -0.3 is 20.8 Å². The summed E-state index contributed by atoms with van der Waals surface area (Å²) >= 11 is 0. The van der Waals surface area contributed by atoms with Gasteiger partial charge in [0.25, 0.3) is 0 Å². The fraction of sp³-hybridized carbons (Fsp3) is 0.467. The highest BCUT2D eigenvalue weighted by Gasteiger charge is 2.18. The number of nitrogens with zero attached hydrogens (tertiary/aromatic N) is 1. The van der Waals surface area contributed by atoms with E-state index in [-0.39, 0.29) is 0 Å². The third kappa shape index (κ3) is 4.75. The Hall–Kier alpha value is -2.08. The first kappa shape index (κ1) is 17.0. The zero-order chi connectivity index (χ0) is 16.0. The van der Waals surface area contributed by atoms with E-state index in [1.54, 1.807) is 0 Å². The maximum atomic E-state index is 9.10. The van der Waals surface area contributed by atoms with Gasteiger partial charge in [0.05, 0.1) is 0 Å². The van der Waals surface area contributed by atoms with Crippen LogP contribution in [0, 0.1) is 0 Å². The summed E-state index contributed by atoms with van der Waals surface area (Å²) in [6.07, 6.45) is 2.46.